The van der Waals surface area contributed by atoms with E-state index < -0.39 is 0 Å². The second kappa shape index (κ2) is 18.8. The molecule has 0 fully saturated rings. The summed E-state index contributed by atoms with van der Waals surface area (Å²) in [7, 11) is 0. The fourth-order valence-corrected chi connectivity index (χ4v) is 4.31. The van der Waals surface area contributed by atoms with Crippen LogP contribution in [0.1, 0.15) is 97.8 Å². The number of rotatable bonds is 19. The molecule has 0 radical (unpaired) electrons. The van der Waals surface area contributed by atoms with Crippen molar-refractivity contribution < 1.29 is 15.3 Å². The molecule has 0 aliphatic carbocycles. The van der Waals surface area contributed by atoms with Crippen LogP contribution in [0.2, 0.25) is 0 Å². The van der Waals surface area contributed by atoms with Gasteiger partial charge < -0.3 is 15.3 Å². The summed E-state index contributed by atoms with van der Waals surface area (Å²) in [6.45, 7) is 10.1. The molecular weight excluding hydrogens is 408 g/mol. The highest BCUT2D eigenvalue weighted by Crippen LogP contribution is 2.25. The van der Waals surface area contributed by atoms with Gasteiger partial charge in [0.25, 0.3) is 0 Å². The topological polar surface area (TPSA) is 60.7 Å². The number of hydrogen-bond donors (Lipinski definition) is 3. The van der Waals surface area contributed by atoms with Gasteiger partial charge in [-0.25, -0.2) is 0 Å². The number of unbranched alkanes of at least 4 members (excludes halogenated alkanes) is 2. The molecule has 180 valence electrons. The Morgan fingerprint density at radius 2 is 1.65 bits per heavy atom. The van der Waals surface area contributed by atoms with E-state index in [0.717, 1.165) is 69.8 Å². The van der Waals surface area contributed by atoms with Gasteiger partial charge in [-0.15, -0.1) is 18.9 Å². The third kappa shape index (κ3) is 15.6. The van der Waals surface area contributed by atoms with Gasteiger partial charge in [0.1, 0.15) is 0 Å². The standard InChI is InChI=1S/C27H47ClO3/c1-6-8-9-14-24(20-28)19-25(29)17-16-21(3)18-23(5)27(31)15-11-10-13-22(4)26(30)12-7-2/h1,7,20-23,25-27,29-31H,2,8-19H2,3-5H3/b24-20-/t21-,22-,23-,25-,26-,27-/m1/s1. The first-order valence-corrected chi connectivity index (χ1v) is 12.5. The molecule has 0 amide bonds. The van der Waals surface area contributed by atoms with Gasteiger partial charge in [0.2, 0.25) is 0 Å². The molecule has 0 aromatic heterocycles. The van der Waals surface area contributed by atoms with Crippen LogP contribution < -0.4 is 0 Å². The molecule has 0 aliphatic heterocycles. The minimum atomic E-state index is -0.378. The number of aliphatic hydroxyl groups is 3. The predicted molar refractivity (Wildman–Crippen MR) is 134 cm³/mol. The van der Waals surface area contributed by atoms with Crippen LogP contribution in [0.4, 0.5) is 0 Å². The van der Waals surface area contributed by atoms with Crippen molar-refractivity contribution in [3.05, 3.63) is 23.8 Å². The molecule has 31 heavy (non-hydrogen) atoms. The fraction of sp³-hybridized carbons (Fsp3) is 0.778. The molecule has 0 saturated carbocycles. The first-order valence-electron chi connectivity index (χ1n) is 12.1. The van der Waals surface area contributed by atoms with Crippen LogP contribution in [0.3, 0.4) is 0 Å². The van der Waals surface area contributed by atoms with Gasteiger partial charge in [-0.3, -0.25) is 0 Å². The molecule has 0 rings (SSSR count). The summed E-state index contributed by atoms with van der Waals surface area (Å²) in [4.78, 5) is 0. The average Bonchev–Trinajstić information content (AvgIpc) is 2.74. The summed E-state index contributed by atoms with van der Waals surface area (Å²) in [5.74, 6) is 3.60. The lowest BCUT2D eigenvalue weighted by Crippen LogP contribution is -2.21. The molecule has 3 N–H and O–H groups in total. The number of halogens is 1. The minimum Gasteiger partial charge on any atom is -0.393 e. The van der Waals surface area contributed by atoms with Crippen LogP contribution in [-0.4, -0.2) is 33.6 Å². The van der Waals surface area contributed by atoms with Crippen LogP contribution in [0.15, 0.2) is 23.8 Å². The molecule has 0 heterocycles. The molecule has 0 aromatic carbocycles. The second-order valence-electron chi connectivity index (χ2n) is 9.50. The van der Waals surface area contributed by atoms with Gasteiger partial charge in [-0.05, 0) is 75.5 Å². The molecule has 3 nitrogen and oxygen atoms in total. The largest absolute Gasteiger partial charge is 0.393 e. The van der Waals surface area contributed by atoms with Crippen molar-refractivity contribution in [1.82, 2.24) is 0 Å². The molecule has 0 bridgehead atoms. The van der Waals surface area contributed by atoms with E-state index in [-0.39, 0.29) is 30.1 Å². The summed E-state index contributed by atoms with van der Waals surface area (Å²) in [6, 6.07) is 0. The Morgan fingerprint density at radius 3 is 2.26 bits per heavy atom. The van der Waals surface area contributed by atoms with E-state index >= 15 is 0 Å². The van der Waals surface area contributed by atoms with E-state index in [1.807, 2.05) is 0 Å². The van der Waals surface area contributed by atoms with Crippen LogP contribution in [-0.2, 0) is 0 Å². The zero-order chi connectivity index (χ0) is 23.6. The third-order valence-corrected chi connectivity index (χ3v) is 6.68. The quantitative estimate of drug-likeness (QED) is 0.117. The van der Waals surface area contributed by atoms with Gasteiger partial charge >= 0.3 is 0 Å². The smallest absolute Gasteiger partial charge is 0.0600 e. The summed E-state index contributed by atoms with van der Waals surface area (Å²) < 4.78 is 0. The normalized spacial score (nSPS) is 17.9. The molecule has 0 aliphatic rings. The Hall–Kier alpha value is -0.790. The fourth-order valence-electron chi connectivity index (χ4n) is 4.11. The molecule has 6 atom stereocenters. The minimum absolute atomic E-state index is 0.248. The Morgan fingerprint density at radius 1 is 0.968 bits per heavy atom. The summed E-state index contributed by atoms with van der Waals surface area (Å²) in [5, 5.41) is 30.8. The molecule has 0 saturated heterocycles. The van der Waals surface area contributed by atoms with Crippen molar-refractivity contribution in [1.29, 1.82) is 0 Å². The van der Waals surface area contributed by atoms with Crippen molar-refractivity contribution in [3.63, 3.8) is 0 Å². The van der Waals surface area contributed by atoms with Crippen molar-refractivity contribution in [2.75, 3.05) is 0 Å². The maximum atomic E-state index is 10.5. The zero-order valence-electron chi connectivity index (χ0n) is 20.1. The summed E-state index contributed by atoms with van der Waals surface area (Å²) >= 11 is 5.89. The van der Waals surface area contributed by atoms with Crippen LogP contribution in [0.5, 0.6) is 0 Å². The van der Waals surface area contributed by atoms with Crippen molar-refractivity contribution in [2.45, 2.75) is 116 Å². The van der Waals surface area contributed by atoms with Gasteiger partial charge in [0.05, 0.1) is 18.3 Å². The Kier molecular flexibility index (Phi) is 18.3. The highest BCUT2D eigenvalue weighted by molar-refractivity contribution is 6.25. The van der Waals surface area contributed by atoms with Gasteiger partial charge in [-0.2, -0.15) is 0 Å². The summed E-state index contributed by atoms with van der Waals surface area (Å²) in [6.07, 6.45) is 16.3. The van der Waals surface area contributed by atoms with Crippen molar-refractivity contribution in [3.8, 4) is 12.3 Å². The number of hydrogen-bond acceptors (Lipinski definition) is 3. The van der Waals surface area contributed by atoms with E-state index in [0.29, 0.717) is 18.8 Å². The maximum absolute atomic E-state index is 10.5. The van der Waals surface area contributed by atoms with E-state index in [2.05, 4.69) is 33.3 Å². The van der Waals surface area contributed by atoms with E-state index in [1.165, 1.54) is 0 Å². The highest BCUT2D eigenvalue weighted by atomic mass is 35.5. The van der Waals surface area contributed by atoms with Crippen LogP contribution >= 0.6 is 11.6 Å². The lowest BCUT2D eigenvalue weighted by atomic mass is 9.86. The van der Waals surface area contributed by atoms with Gasteiger partial charge in [0.15, 0.2) is 0 Å². The number of terminal acetylenes is 1. The number of aliphatic hydroxyl groups excluding tert-OH is 3. The average molecular weight is 455 g/mol. The third-order valence-electron chi connectivity index (χ3n) is 6.37. The lowest BCUT2D eigenvalue weighted by Gasteiger charge is -2.23. The monoisotopic (exact) mass is 454 g/mol. The molecule has 0 spiro atoms. The van der Waals surface area contributed by atoms with Crippen molar-refractivity contribution in [2.24, 2.45) is 17.8 Å². The molecular formula is C27H47ClO3. The van der Waals surface area contributed by atoms with Gasteiger partial charge in [0, 0.05) is 12.0 Å². The highest BCUT2D eigenvalue weighted by Gasteiger charge is 2.19. The zero-order valence-corrected chi connectivity index (χ0v) is 20.9. The van der Waals surface area contributed by atoms with Crippen LogP contribution in [0.25, 0.3) is 0 Å². The first kappa shape index (κ1) is 30.2. The SMILES string of the molecule is C#CCCC/C(=C/Cl)C[C@H](O)CC[C@@H](C)C[C@@H](C)[C@H](O)CCCC[C@@H](C)[C@H](O)CC=C. The Balaban J connectivity index is 4.06. The van der Waals surface area contributed by atoms with E-state index in [4.69, 9.17) is 18.0 Å². The second-order valence-corrected chi connectivity index (χ2v) is 9.72. The summed E-state index contributed by atoms with van der Waals surface area (Å²) in [5.41, 5.74) is 2.65. The van der Waals surface area contributed by atoms with E-state index in [1.54, 1.807) is 11.6 Å². The molecule has 0 unspecified atom stereocenters. The Bertz CT molecular complexity index is 525. The predicted octanol–water partition coefficient (Wildman–Crippen LogP) is 6.60. The lowest BCUT2D eigenvalue weighted by molar-refractivity contribution is 0.0850. The Labute approximate surface area is 197 Å². The van der Waals surface area contributed by atoms with E-state index in [9.17, 15) is 15.3 Å². The van der Waals surface area contributed by atoms with Crippen molar-refractivity contribution >= 4 is 11.6 Å². The maximum Gasteiger partial charge on any atom is 0.0600 e. The first-order chi connectivity index (χ1) is 14.7. The van der Waals surface area contributed by atoms with Gasteiger partial charge in [-0.1, -0.05) is 56.9 Å². The molecule has 0 aromatic rings. The van der Waals surface area contributed by atoms with Crippen LogP contribution in [0, 0.1) is 30.1 Å². The molecule has 4 heteroatoms.